The molecule has 3 rings (SSSR count). The molecule has 5 nitrogen and oxygen atoms in total. The van der Waals surface area contributed by atoms with Crippen LogP contribution in [0.15, 0.2) is 30.3 Å². The minimum Gasteiger partial charge on any atom is -0.494 e. The lowest BCUT2D eigenvalue weighted by atomic mass is 9.84. The van der Waals surface area contributed by atoms with Crippen LogP contribution in [-0.4, -0.2) is 31.1 Å². The first-order valence-corrected chi connectivity index (χ1v) is 9.74. The van der Waals surface area contributed by atoms with Crippen molar-refractivity contribution in [2.45, 2.75) is 51.5 Å². The number of nitrogens with one attached hydrogen (secondary N) is 1. The van der Waals surface area contributed by atoms with Crippen LogP contribution in [0.25, 0.3) is 0 Å². The summed E-state index contributed by atoms with van der Waals surface area (Å²) in [5, 5.41) is 3.01. The highest BCUT2D eigenvalue weighted by Crippen LogP contribution is 2.49. The maximum atomic E-state index is 12.0. The SMILES string of the molecule is CC(NC(=O)COC(=O)CCCOc1ccccc1)C1CC2CCC1C2. The van der Waals surface area contributed by atoms with Gasteiger partial charge in [-0.15, -0.1) is 0 Å². The molecule has 1 aromatic rings. The van der Waals surface area contributed by atoms with Gasteiger partial charge in [-0.2, -0.15) is 0 Å². The second kappa shape index (κ2) is 9.06. The number of hydrogen-bond acceptors (Lipinski definition) is 4. The van der Waals surface area contributed by atoms with Gasteiger partial charge in [-0.25, -0.2) is 0 Å². The van der Waals surface area contributed by atoms with E-state index in [9.17, 15) is 9.59 Å². The summed E-state index contributed by atoms with van der Waals surface area (Å²) in [5.74, 6) is 2.44. The van der Waals surface area contributed by atoms with E-state index in [1.807, 2.05) is 30.3 Å². The van der Waals surface area contributed by atoms with Gasteiger partial charge in [-0.05, 0) is 62.5 Å². The second-order valence-electron chi connectivity index (χ2n) is 7.62. The zero-order valence-corrected chi connectivity index (χ0v) is 15.5. The molecule has 2 fully saturated rings. The van der Waals surface area contributed by atoms with E-state index >= 15 is 0 Å². The van der Waals surface area contributed by atoms with E-state index in [-0.39, 0.29) is 30.9 Å². The summed E-state index contributed by atoms with van der Waals surface area (Å²) in [6, 6.07) is 9.64. The second-order valence-corrected chi connectivity index (χ2v) is 7.62. The Morgan fingerprint density at radius 3 is 2.69 bits per heavy atom. The molecule has 1 N–H and O–H groups in total. The van der Waals surface area contributed by atoms with Crippen LogP contribution in [-0.2, 0) is 14.3 Å². The van der Waals surface area contributed by atoms with Gasteiger partial charge in [0.2, 0.25) is 0 Å². The quantitative estimate of drug-likeness (QED) is 0.543. The van der Waals surface area contributed by atoms with Crippen LogP contribution in [0.4, 0.5) is 0 Å². The van der Waals surface area contributed by atoms with E-state index in [4.69, 9.17) is 9.47 Å². The van der Waals surface area contributed by atoms with Gasteiger partial charge in [-0.1, -0.05) is 24.6 Å². The fraction of sp³-hybridized carbons (Fsp3) is 0.619. The van der Waals surface area contributed by atoms with Gasteiger partial charge < -0.3 is 14.8 Å². The Kier molecular flexibility index (Phi) is 6.53. The first-order chi connectivity index (χ1) is 12.6. The molecule has 0 saturated heterocycles. The number of para-hydroxylation sites is 1. The number of rotatable bonds is 9. The summed E-state index contributed by atoms with van der Waals surface area (Å²) < 4.78 is 10.6. The van der Waals surface area contributed by atoms with Gasteiger partial charge in [0.15, 0.2) is 6.61 Å². The van der Waals surface area contributed by atoms with Crippen LogP contribution >= 0.6 is 0 Å². The number of amides is 1. The highest BCUT2D eigenvalue weighted by atomic mass is 16.5. The molecule has 2 bridgehead atoms. The van der Waals surface area contributed by atoms with Crippen molar-refractivity contribution in [2.24, 2.45) is 17.8 Å². The number of carbonyl (C=O) groups excluding carboxylic acids is 2. The van der Waals surface area contributed by atoms with Crippen LogP contribution in [0, 0.1) is 17.8 Å². The normalized spacial score (nSPS) is 24.9. The maximum absolute atomic E-state index is 12.0. The minimum absolute atomic E-state index is 0.163. The summed E-state index contributed by atoms with van der Waals surface area (Å²) in [7, 11) is 0. The average molecular weight is 359 g/mol. The number of hydrogen-bond donors (Lipinski definition) is 1. The minimum atomic E-state index is -0.357. The van der Waals surface area contributed by atoms with Gasteiger partial charge in [0.25, 0.3) is 5.91 Å². The molecule has 0 aliphatic heterocycles. The van der Waals surface area contributed by atoms with Crippen LogP contribution in [0.1, 0.15) is 45.4 Å². The molecule has 2 aliphatic rings. The largest absolute Gasteiger partial charge is 0.494 e. The van der Waals surface area contributed by atoms with Gasteiger partial charge in [0.05, 0.1) is 6.61 Å². The Hall–Kier alpha value is -2.04. The summed E-state index contributed by atoms with van der Waals surface area (Å²) >= 11 is 0. The maximum Gasteiger partial charge on any atom is 0.306 e. The molecule has 2 aliphatic carbocycles. The van der Waals surface area contributed by atoms with Crippen molar-refractivity contribution in [1.82, 2.24) is 5.32 Å². The Labute approximate surface area is 155 Å². The molecule has 5 heteroatoms. The topological polar surface area (TPSA) is 64.6 Å². The first-order valence-electron chi connectivity index (χ1n) is 9.74. The van der Waals surface area contributed by atoms with E-state index in [1.165, 1.54) is 25.7 Å². The van der Waals surface area contributed by atoms with Crippen molar-refractivity contribution in [2.75, 3.05) is 13.2 Å². The molecule has 0 aromatic heterocycles. The van der Waals surface area contributed by atoms with E-state index in [0.29, 0.717) is 18.9 Å². The molecule has 2 saturated carbocycles. The number of fused-ring (bicyclic) bond motifs is 2. The highest BCUT2D eigenvalue weighted by Gasteiger charge is 2.42. The fourth-order valence-electron chi connectivity index (χ4n) is 4.45. The standard InChI is InChI=1S/C21H29NO4/c1-15(19-13-16-9-10-17(19)12-16)22-20(23)14-26-21(24)8-5-11-25-18-6-3-2-4-7-18/h2-4,6-7,15-17,19H,5,8-14H2,1H3,(H,22,23). The monoisotopic (exact) mass is 359 g/mol. The van der Waals surface area contributed by atoms with E-state index in [1.54, 1.807) is 0 Å². The molecule has 0 spiro atoms. The molecule has 4 unspecified atom stereocenters. The predicted octanol–water partition coefficient (Wildman–Crippen LogP) is 3.33. The highest BCUT2D eigenvalue weighted by molar-refractivity contribution is 5.80. The average Bonchev–Trinajstić information content (AvgIpc) is 3.28. The fourth-order valence-corrected chi connectivity index (χ4v) is 4.45. The molecule has 142 valence electrons. The predicted molar refractivity (Wildman–Crippen MR) is 98.7 cm³/mol. The van der Waals surface area contributed by atoms with Crippen molar-refractivity contribution in [3.63, 3.8) is 0 Å². The van der Waals surface area contributed by atoms with E-state index < -0.39 is 0 Å². The lowest BCUT2D eigenvalue weighted by molar-refractivity contribution is -0.149. The molecular weight excluding hydrogens is 330 g/mol. The Morgan fingerprint density at radius 2 is 2.00 bits per heavy atom. The lowest BCUT2D eigenvalue weighted by Crippen LogP contribution is -2.42. The van der Waals surface area contributed by atoms with Crippen molar-refractivity contribution in [3.8, 4) is 5.75 Å². The molecule has 0 heterocycles. The van der Waals surface area contributed by atoms with Crippen molar-refractivity contribution in [1.29, 1.82) is 0 Å². The van der Waals surface area contributed by atoms with Crippen LogP contribution in [0.5, 0.6) is 5.75 Å². The van der Waals surface area contributed by atoms with Crippen molar-refractivity contribution in [3.05, 3.63) is 30.3 Å². The van der Waals surface area contributed by atoms with E-state index in [0.717, 1.165) is 17.6 Å². The Morgan fingerprint density at radius 1 is 1.19 bits per heavy atom. The number of carbonyl (C=O) groups is 2. The molecular formula is C21H29NO4. The van der Waals surface area contributed by atoms with Crippen LogP contribution < -0.4 is 10.1 Å². The van der Waals surface area contributed by atoms with Gasteiger partial charge in [0.1, 0.15) is 5.75 Å². The van der Waals surface area contributed by atoms with Crippen molar-refractivity contribution >= 4 is 11.9 Å². The third-order valence-electron chi connectivity index (χ3n) is 5.73. The number of ether oxygens (including phenoxy) is 2. The summed E-state index contributed by atoms with van der Waals surface area (Å²) in [6.45, 7) is 2.34. The first kappa shape index (κ1) is 18.7. The van der Waals surface area contributed by atoms with E-state index in [2.05, 4.69) is 12.2 Å². The number of esters is 1. The molecule has 0 radical (unpaired) electrons. The summed E-state index contributed by atoms with van der Waals surface area (Å²) in [4.78, 5) is 23.8. The summed E-state index contributed by atoms with van der Waals surface area (Å²) in [6.07, 6.45) is 6.03. The molecule has 26 heavy (non-hydrogen) atoms. The summed E-state index contributed by atoms with van der Waals surface area (Å²) in [5.41, 5.74) is 0. The molecule has 1 aromatic carbocycles. The smallest absolute Gasteiger partial charge is 0.306 e. The lowest BCUT2D eigenvalue weighted by Gasteiger charge is -2.28. The third-order valence-corrected chi connectivity index (χ3v) is 5.73. The number of benzene rings is 1. The van der Waals surface area contributed by atoms with Gasteiger partial charge >= 0.3 is 5.97 Å². The van der Waals surface area contributed by atoms with Crippen LogP contribution in [0.3, 0.4) is 0 Å². The Bertz CT molecular complexity index is 603. The zero-order valence-electron chi connectivity index (χ0n) is 15.5. The van der Waals surface area contributed by atoms with Crippen molar-refractivity contribution < 1.29 is 19.1 Å². The molecule has 1 amide bonds. The molecule has 4 atom stereocenters. The third kappa shape index (κ3) is 5.23. The van der Waals surface area contributed by atoms with Crippen LogP contribution in [0.2, 0.25) is 0 Å². The van der Waals surface area contributed by atoms with Gasteiger partial charge in [-0.3, -0.25) is 9.59 Å². The van der Waals surface area contributed by atoms with Gasteiger partial charge in [0, 0.05) is 12.5 Å². The Balaban J connectivity index is 1.26. The zero-order chi connectivity index (χ0) is 18.4.